The molecule has 2 nitrogen and oxygen atoms in total. The van der Waals surface area contributed by atoms with Gasteiger partial charge in [0.2, 0.25) is 0 Å². The summed E-state index contributed by atoms with van der Waals surface area (Å²) in [5.74, 6) is 0. The number of rotatable bonds is 4. The van der Waals surface area contributed by atoms with Crippen LogP contribution >= 0.6 is 23.2 Å². The third kappa shape index (κ3) is 4.05. The van der Waals surface area contributed by atoms with Gasteiger partial charge in [0.15, 0.2) is 0 Å². The van der Waals surface area contributed by atoms with Crippen LogP contribution in [0.4, 0.5) is 11.4 Å². The summed E-state index contributed by atoms with van der Waals surface area (Å²) in [6.07, 6.45) is 0. The minimum atomic E-state index is 0.659. The van der Waals surface area contributed by atoms with E-state index < -0.39 is 0 Å². The molecule has 0 aromatic heterocycles. The van der Waals surface area contributed by atoms with Crippen molar-refractivity contribution in [2.24, 2.45) is 0 Å². The van der Waals surface area contributed by atoms with Gasteiger partial charge in [-0.1, -0.05) is 23.2 Å². The maximum Gasteiger partial charge on any atom is 0.0424 e. The molecule has 0 spiro atoms. The first-order valence-corrected chi connectivity index (χ1v) is 6.76. The molecule has 2 rings (SSSR count). The van der Waals surface area contributed by atoms with E-state index in [0.29, 0.717) is 16.6 Å². The Kier molecular flexibility index (Phi) is 4.56. The number of benzene rings is 2. The molecule has 100 valence electrons. The summed E-state index contributed by atoms with van der Waals surface area (Å²) in [7, 11) is 4.05. The van der Waals surface area contributed by atoms with Gasteiger partial charge < -0.3 is 10.2 Å². The lowest BCUT2D eigenvalue weighted by atomic mass is 10.2. The molecular formula is C15H16Cl2N2. The lowest BCUT2D eigenvalue weighted by Gasteiger charge is -2.13. The van der Waals surface area contributed by atoms with Gasteiger partial charge in [-0.3, -0.25) is 0 Å². The van der Waals surface area contributed by atoms with E-state index in [1.54, 1.807) is 6.07 Å². The van der Waals surface area contributed by atoms with E-state index in [1.807, 2.05) is 26.2 Å². The van der Waals surface area contributed by atoms with Crippen molar-refractivity contribution in [2.75, 3.05) is 24.3 Å². The predicted molar refractivity (Wildman–Crippen MR) is 84.6 cm³/mol. The quantitative estimate of drug-likeness (QED) is 0.881. The van der Waals surface area contributed by atoms with Crippen LogP contribution in [0.25, 0.3) is 0 Å². The summed E-state index contributed by atoms with van der Waals surface area (Å²) in [5, 5.41) is 4.66. The first-order valence-electron chi connectivity index (χ1n) is 6.01. The predicted octanol–water partition coefficient (Wildman–Crippen LogP) is 4.67. The minimum absolute atomic E-state index is 0.659. The van der Waals surface area contributed by atoms with Crippen LogP contribution in [0.3, 0.4) is 0 Å². The molecule has 1 N–H and O–H groups in total. The van der Waals surface area contributed by atoms with Crippen LogP contribution in [-0.2, 0) is 6.54 Å². The fourth-order valence-electron chi connectivity index (χ4n) is 1.79. The maximum absolute atomic E-state index is 5.97. The Bertz CT molecular complexity index is 530. The molecule has 0 saturated heterocycles. The highest BCUT2D eigenvalue weighted by atomic mass is 35.5. The van der Waals surface area contributed by atoms with Crippen molar-refractivity contribution in [2.45, 2.75) is 6.54 Å². The van der Waals surface area contributed by atoms with E-state index in [1.165, 1.54) is 5.69 Å². The van der Waals surface area contributed by atoms with Gasteiger partial charge in [-0.2, -0.15) is 0 Å². The molecule has 0 amide bonds. The van der Waals surface area contributed by atoms with E-state index in [0.717, 1.165) is 11.3 Å². The Hall–Kier alpha value is -1.38. The lowest BCUT2D eigenvalue weighted by molar-refractivity contribution is 1.12. The molecule has 0 aliphatic heterocycles. The Morgan fingerprint density at radius 3 is 2.05 bits per heavy atom. The topological polar surface area (TPSA) is 15.3 Å². The Morgan fingerprint density at radius 1 is 0.947 bits per heavy atom. The second-order valence-corrected chi connectivity index (χ2v) is 5.45. The van der Waals surface area contributed by atoms with E-state index in [9.17, 15) is 0 Å². The second-order valence-electron chi connectivity index (χ2n) is 4.57. The van der Waals surface area contributed by atoms with Gasteiger partial charge in [0.1, 0.15) is 0 Å². The smallest absolute Gasteiger partial charge is 0.0424 e. The van der Waals surface area contributed by atoms with Crippen LogP contribution in [-0.4, -0.2) is 14.1 Å². The molecular weight excluding hydrogens is 279 g/mol. The maximum atomic E-state index is 5.97. The molecule has 0 fully saturated rings. The average Bonchev–Trinajstić information content (AvgIpc) is 2.36. The fourth-order valence-corrected chi connectivity index (χ4v) is 2.37. The highest BCUT2D eigenvalue weighted by Gasteiger charge is 1.99. The van der Waals surface area contributed by atoms with Gasteiger partial charge >= 0.3 is 0 Å². The van der Waals surface area contributed by atoms with Gasteiger partial charge in [0.25, 0.3) is 0 Å². The fraction of sp³-hybridized carbons (Fsp3) is 0.200. The highest BCUT2D eigenvalue weighted by molar-refractivity contribution is 6.34. The van der Waals surface area contributed by atoms with Crippen molar-refractivity contribution in [1.29, 1.82) is 0 Å². The zero-order valence-corrected chi connectivity index (χ0v) is 12.5. The molecule has 19 heavy (non-hydrogen) atoms. The van der Waals surface area contributed by atoms with Crippen molar-refractivity contribution in [3.05, 3.63) is 58.1 Å². The van der Waals surface area contributed by atoms with Crippen LogP contribution in [0.15, 0.2) is 42.5 Å². The third-order valence-corrected chi connectivity index (χ3v) is 3.24. The van der Waals surface area contributed by atoms with Crippen LogP contribution in [0.1, 0.15) is 5.56 Å². The highest BCUT2D eigenvalue weighted by Crippen LogP contribution is 2.21. The van der Waals surface area contributed by atoms with Crippen molar-refractivity contribution in [3.8, 4) is 0 Å². The summed E-state index contributed by atoms with van der Waals surface area (Å²) in [6.45, 7) is 0.696. The molecule has 2 aromatic rings. The van der Waals surface area contributed by atoms with E-state index in [-0.39, 0.29) is 0 Å². The molecule has 4 heteroatoms. The Morgan fingerprint density at radius 2 is 1.53 bits per heavy atom. The Balaban J connectivity index is 2.02. The van der Waals surface area contributed by atoms with Gasteiger partial charge in [-0.05, 0) is 48.0 Å². The zero-order valence-electron chi connectivity index (χ0n) is 11.0. The van der Waals surface area contributed by atoms with E-state index in [2.05, 4.69) is 34.5 Å². The number of hydrogen-bond donors (Lipinski definition) is 1. The van der Waals surface area contributed by atoms with Gasteiger partial charge in [0, 0.05) is 42.1 Å². The van der Waals surface area contributed by atoms with Crippen LogP contribution in [0.5, 0.6) is 0 Å². The second kappa shape index (κ2) is 6.18. The van der Waals surface area contributed by atoms with Crippen molar-refractivity contribution < 1.29 is 0 Å². The van der Waals surface area contributed by atoms with E-state index >= 15 is 0 Å². The van der Waals surface area contributed by atoms with E-state index in [4.69, 9.17) is 23.2 Å². The van der Waals surface area contributed by atoms with Gasteiger partial charge in [-0.25, -0.2) is 0 Å². The Labute approximate surface area is 123 Å². The molecule has 0 radical (unpaired) electrons. The summed E-state index contributed by atoms with van der Waals surface area (Å²) < 4.78 is 0. The van der Waals surface area contributed by atoms with Gasteiger partial charge in [-0.15, -0.1) is 0 Å². The number of nitrogens with zero attached hydrogens (tertiary/aromatic N) is 1. The van der Waals surface area contributed by atoms with Gasteiger partial charge in [0.05, 0.1) is 0 Å². The average molecular weight is 295 g/mol. The van der Waals surface area contributed by atoms with Crippen LogP contribution in [0.2, 0.25) is 10.0 Å². The number of nitrogens with one attached hydrogen (secondary N) is 1. The van der Waals surface area contributed by atoms with Crippen molar-refractivity contribution in [3.63, 3.8) is 0 Å². The summed E-state index contributed by atoms with van der Waals surface area (Å²) >= 11 is 11.9. The number of anilines is 2. The van der Waals surface area contributed by atoms with Crippen LogP contribution < -0.4 is 10.2 Å². The summed E-state index contributed by atoms with van der Waals surface area (Å²) in [4.78, 5) is 2.07. The van der Waals surface area contributed by atoms with Crippen LogP contribution in [0, 0.1) is 0 Å². The molecule has 0 aliphatic carbocycles. The summed E-state index contributed by atoms with van der Waals surface area (Å²) in [6, 6.07) is 13.8. The molecule has 0 bridgehead atoms. The molecule has 0 saturated carbocycles. The SMILES string of the molecule is CN(C)c1ccc(NCc2cc(Cl)cc(Cl)c2)cc1. The number of halogens is 2. The minimum Gasteiger partial charge on any atom is -0.381 e. The monoisotopic (exact) mass is 294 g/mol. The van der Waals surface area contributed by atoms with Crippen molar-refractivity contribution in [1.82, 2.24) is 0 Å². The normalized spacial score (nSPS) is 10.3. The number of hydrogen-bond acceptors (Lipinski definition) is 2. The molecule has 0 unspecified atom stereocenters. The standard InChI is InChI=1S/C15H16Cl2N2/c1-19(2)15-5-3-14(4-6-15)18-10-11-7-12(16)9-13(17)8-11/h3-9,18H,10H2,1-2H3. The summed E-state index contributed by atoms with van der Waals surface area (Å²) in [5.41, 5.74) is 3.31. The molecule has 2 aromatic carbocycles. The third-order valence-electron chi connectivity index (χ3n) is 2.80. The molecule has 0 atom stereocenters. The molecule has 0 aliphatic rings. The first kappa shape index (κ1) is 14.0. The molecule has 0 heterocycles. The van der Waals surface area contributed by atoms with Crippen molar-refractivity contribution >= 4 is 34.6 Å². The lowest BCUT2D eigenvalue weighted by Crippen LogP contribution is -2.08. The zero-order chi connectivity index (χ0) is 13.8. The first-order chi connectivity index (χ1) is 9.04. The largest absolute Gasteiger partial charge is 0.381 e.